The molecule has 2 aromatic rings. The van der Waals surface area contributed by atoms with Crippen LogP contribution in [-0.2, 0) is 9.53 Å². The summed E-state index contributed by atoms with van der Waals surface area (Å²) < 4.78 is 11.5. The minimum Gasteiger partial charge on any atom is -0.494 e. The zero-order valence-electron chi connectivity index (χ0n) is 16.7. The SMILES string of the molecule is O=C(O)CC1(C2=CN=CCO2)CC1c1ccc(OCCCNc2ccccn2)cc1. The number of nitrogens with zero attached hydrogens (tertiary/aromatic N) is 2. The lowest BCUT2D eigenvalue weighted by molar-refractivity contribution is -0.138. The van der Waals surface area contributed by atoms with Gasteiger partial charge in [-0.3, -0.25) is 9.79 Å². The third kappa shape index (κ3) is 4.62. The van der Waals surface area contributed by atoms with Crippen LogP contribution < -0.4 is 10.1 Å². The number of aliphatic carboxylic acids is 1. The Kier molecular flexibility index (Phi) is 5.97. The molecule has 7 heteroatoms. The van der Waals surface area contributed by atoms with Crippen molar-refractivity contribution in [1.82, 2.24) is 4.98 Å². The molecule has 0 spiro atoms. The van der Waals surface area contributed by atoms with Crippen LogP contribution in [0.25, 0.3) is 0 Å². The fraction of sp³-hybridized carbons (Fsp3) is 0.348. The van der Waals surface area contributed by atoms with Crippen LogP contribution in [0.1, 0.15) is 30.7 Å². The second-order valence-corrected chi connectivity index (χ2v) is 7.53. The zero-order chi connectivity index (χ0) is 20.8. The molecule has 1 aromatic heterocycles. The van der Waals surface area contributed by atoms with Crippen LogP contribution >= 0.6 is 0 Å². The zero-order valence-corrected chi connectivity index (χ0v) is 16.7. The average molecular weight is 407 g/mol. The third-order valence-electron chi connectivity index (χ3n) is 5.49. The van der Waals surface area contributed by atoms with Crippen molar-refractivity contribution in [1.29, 1.82) is 0 Å². The molecule has 2 unspecified atom stereocenters. The Balaban J connectivity index is 1.29. The monoisotopic (exact) mass is 407 g/mol. The Morgan fingerprint density at radius 1 is 1.27 bits per heavy atom. The second-order valence-electron chi connectivity index (χ2n) is 7.53. The molecule has 0 saturated heterocycles. The molecule has 2 atom stereocenters. The number of allylic oxidation sites excluding steroid dienone is 1. The third-order valence-corrected chi connectivity index (χ3v) is 5.49. The van der Waals surface area contributed by atoms with Gasteiger partial charge in [-0.1, -0.05) is 18.2 Å². The number of aromatic nitrogens is 1. The van der Waals surface area contributed by atoms with E-state index in [1.807, 2.05) is 42.5 Å². The van der Waals surface area contributed by atoms with Crippen molar-refractivity contribution < 1.29 is 19.4 Å². The summed E-state index contributed by atoms with van der Waals surface area (Å²) in [6, 6.07) is 13.7. The van der Waals surface area contributed by atoms with E-state index in [4.69, 9.17) is 9.47 Å². The first kappa shape index (κ1) is 19.9. The Morgan fingerprint density at radius 3 is 2.83 bits per heavy atom. The molecule has 4 rings (SSSR count). The van der Waals surface area contributed by atoms with Gasteiger partial charge in [-0.2, -0.15) is 0 Å². The smallest absolute Gasteiger partial charge is 0.304 e. The molecule has 1 aliphatic heterocycles. The predicted octanol–water partition coefficient (Wildman–Crippen LogP) is 3.85. The Hall–Kier alpha value is -3.35. The Bertz CT molecular complexity index is 927. The molecule has 0 bridgehead atoms. The molecule has 2 heterocycles. The number of carbonyl (C=O) groups is 1. The van der Waals surface area contributed by atoms with Crippen molar-refractivity contribution in [2.75, 3.05) is 25.1 Å². The standard InChI is InChI=1S/C23H25N3O4/c27-22(28)15-23(20-16-24-11-13-30-20)14-19(23)17-5-7-18(8-6-17)29-12-3-10-26-21-4-1-2-9-25-21/h1-2,4-9,11,16,19H,3,10,12-15H2,(H,25,26)(H,27,28). The number of benzene rings is 1. The van der Waals surface area contributed by atoms with Gasteiger partial charge in [-0.25, -0.2) is 4.98 Å². The highest BCUT2D eigenvalue weighted by Gasteiger charge is 2.60. The van der Waals surface area contributed by atoms with Gasteiger partial charge in [0, 0.05) is 24.4 Å². The summed E-state index contributed by atoms with van der Waals surface area (Å²) in [6.45, 7) is 1.78. The van der Waals surface area contributed by atoms with Crippen molar-refractivity contribution in [3.05, 3.63) is 66.2 Å². The normalized spacial score (nSPS) is 22.0. The molecule has 1 fully saturated rings. The molecule has 2 N–H and O–H groups in total. The number of hydrogen-bond acceptors (Lipinski definition) is 6. The van der Waals surface area contributed by atoms with Gasteiger partial charge in [-0.05, 0) is 48.6 Å². The first-order valence-electron chi connectivity index (χ1n) is 10.1. The van der Waals surface area contributed by atoms with Gasteiger partial charge in [0.05, 0.1) is 19.2 Å². The van der Waals surface area contributed by atoms with E-state index in [1.165, 1.54) is 0 Å². The van der Waals surface area contributed by atoms with E-state index in [0.717, 1.165) is 36.5 Å². The molecule has 2 aliphatic rings. The van der Waals surface area contributed by atoms with Crippen molar-refractivity contribution in [2.24, 2.45) is 10.4 Å². The van der Waals surface area contributed by atoms with Gasteiger partial charge in [0.1, 0.15) is 23.9 Å². The Labute approximate surface area is 175 Å². The molecule has 1 saturated carbocycles. The van der Waals surface area contributed by atoms with Crippen LogP contribution in [0.3, 0.4) is 0 Å². The number of aliphatic imine (C=N–C) groups is 1. The maximum atomic E-state index is 11.4. The first-order valence-corrected chi connectivity index (χ1v) is 10.1. The van der Waals surface area contributed by atoms with E-state index in [-0.39, 0.29) is 12.3 Å². The second kappa shape index (κ2) is 8.98. The maximum Gasteiger partial charge on any atom is 0.304 e. The summed E-state index contributed by atoms with van der Waals surface area (Å²) in [5.41, 5.74) is 0.600. The highest BCUT2D eigenvalue weighted by molar-refractivity contribution is 5.70. The molecule has 30 heavy (non-hydrogen) atoms. The van der Waals surface area contributed by atoms with Crippen molar-refractivity contribution in [2.45, 2.75) is 25.2 Å². The summed E-state index contributed by atoms with van der Waals surface area (Å²) in [7, 11) is 0. The van der Waals surface area contributed by atoms with Gasteiger partial charge in [0.2, 0.25) is 0 Å². The van der Waals surface area contributed by atoms with E-state index in [2.05, 4.69) is 15.3 Å². The quantitative estimate of drug-likeness (QED) is 0.581. The summed E-state index contributed by atoms with van der Waals surface area (Å²) >= 11 is 0. The fourth-order valence-corrected chi connectivity index (χ4v) is 3.91. The van der Waals surface area contributed by atoms with Crippen LogP contribution in [0.5, 0.6) is 5.75 Å². The molecule has 7 nitrogen and oxygen atoms in total. The Morgan fingerprint density at radius 2 is 2.13 bits per heavy atom. The topological polar surface area (TPSA) is 93.0 Å². The lowest BCUT2D eigenvalue weighted by atomic mass is 9.93. The number of hydrogen-bond donors (Lipinski definition) is 2. The number of nitrogens with one attached hydrogen (secondary N) is 1. The van der Waals surface area contributed by atoms with E-state index >= 15 is 0 Å². The lowest BCUT2D eigenvalue weighted by Gasteiger charge is -2.21. The lowest BCUT2D eigenvalue weighted by Crippen LogP contribution is -2.18. The fourth-order valence-electron chi connectivity index (χ4n) is 3.91. The highest BCUT2D eigenvalue weighted by Crippen LogP contribution is 2.66. The van der Waals surface area contributed by atoms with Crippen LogP contribution in [0.15, 0.2) is 65.6 Å². The molecule has 1 aliphatic carbocycles. The summed E-state index contributed by atoms with van der Waals surface area (Å²) in [5.74, 6) is 1.64. The average Bonchev–Trinajstić information content (AvgIpc) is 3.50. The first-order chi connectivity index (χ1) is 14.7. The van der Waals surface area contributed by atoms with Gasteiger partial charge in [0.15, 0.2) is 0 Å². The molecular weight excluding hydrogens is 382 g/mol. The largest absolute Gasteiger partial charge is 0.494 e. The molecular formula is C23H25N3O4. The minimum absolute atomic E-state index is 0.0422. The van der Waals surface area contributed by atoms with Crippen LogP contribution in [0.4, 0.5) is 5.82 Å². The summed E-state index contributed by atoms with van der Waals surface area (Å²) in [5, 5.41) is 12.6. The molecule has 156 valence electrons. The number of anilines is 1. The van der Waals surface area contributed by atoms with E-state index in [9.17, 15) is 9.90 Å². The minimum atomic E-state index is -0.823. The number of carboxylic acid groups (broad SMARTS) is 1. The summed E-state index contributed by atoms with van der Waals surface area (Å²) in [6.07, 6.45) is 6.74. The molecule has 0 radical (unpaired) electrons. The van der Waals surface area contributed by atoms with Crippen LogP contribution in [-0.4, -0.2) is 42.0 Å². The van der Waals surface area contributed by atoms with Crippen molar-refractivity contribution >= 4 is 18.0 Å². The van der Waals surface area contributed by atoms with Crippen molar-refractivity contribution in [3.8, 4) is 5.75 Å². The van der Waals surface area contributed by atoms with Gasteiger partial charge in [0.25, 0.3) is 0 Å². The van der Waals surface area contributed by atoms with E-state index < -0.39 is 11.4 Å². The maximum absolute atomic E-state index is 11.4. The van der Waals surface area contributed by atoms with Gasteiger partial charge >= 0.3 is 5.97 Å². The van der Waals surface area contributed by atoms with E-state index in [0.29, 0.717) is 19.0 Å². The molecule has 1 aromatic carbocycles. The van der Waals surface area contributed by atoms with E-state index in [1.54, 1.807) is 18.6 Å². The number of ether oxygens (including phenoxy) is 2. The van der Waals surface area contributed by atoms with Gasteiger partial charge < -0.3 is 19.9 Å². The number of pyridine rings is 1. The number of rotatable bonds is 10. The summed E-state index contributed by atoms with van der Waals surface area (Å²) in [4.78, 5) is 19.8. The van der Waals surface area contributed by atoms with Crippen LogP contribution in [0, 0.1) is 5.41 Å². The van der Waals surface area contributed by atoms with Crippen LogP contribution in [0.2, 0.25) is 0 Å². The number of carboxylic acids is 1. The highest BCUT2D eigenvalue weighted by atomic mass is 16.5. The predicted molar refractivity (Wildman–Crippen MR) is 114 cm³/mol. The molecule has 0 amide bonds. The van der Waals surface area contributed by atoms with Crippen molar-refractivity contribution in [3.63, 3.8) is 0 Å². The van der Waals surface area contributed by atoms with Gasteiger partial charge in [-0.15, -0.1) is 0 Å².